The number of rotatable bonds is 3. The van der Waals surface area contributed by atoms with Crippen molar-refractivity contribution in [2.24, 2.45) is 0 Å². The second-order valence-corrected chi connectivity index (χ2v) is 7.52. The van der Waals surface area contributed by atoms with Crippen LogP contribution in [0.25, 0.3) is 10.2 Å². The Morgan fingerprint density at radius 2 is 2.16 bits per heavy atom. The van der Waals surface area contributed by atoms with E-state index in [4.69, 9.17) is 4.74 Å². The molecule has 1 saturated heterocycles. The maximum Gasteiger partial charge on any atom is 0.264 e. The molecule has 4 rings (SSSR count). The fourth-order valence-electron chi connectivity index (χ4n) is 3.24. The summed E-state index contributed by atoms with van der Waals surface area (Å²) < 4.78 is 7.54. The van der Waals surface area contributed by atoms with Gasteiger partial charge in [-0.1, -0.05) is 30.3 Å². The van der Waals surface area contributed by atoms with Crippen molar-refractivity contribution in [2.75, 3.05) is 19.7 Å². The monoisotopic (exact) mass is 355 g/mol. The standard InChI is InChI=1S/C19H21N3O2S/c1-13-11-21(8-9-24-13)18(23)17-10-16-14(2)20-22(19(16)25-17)12-15-6-4-3-5-7-15/h3-7,10,13H,8-9,11-12H2,1-2H3/t13-/m1/s1. The van der Waals surface area contributed by atoms with Gasteiger partial charge in [0.1, 0.15) is 4.83 Å². The summed E-state index contributed by atoms with van der Waals surface area (Å²) >= 11 is 1.54. The lowest BCUT2D eigenvalue weighted by Crippen LogP contribution is -2.44. The number of amides is 1. The number of hydrogen-bond donors (Lipinski definition) is 0. The molecule has 0 saturated carbocycles. The molecule has 3 heterocycles. The minimum absolute atomic E-state index is 0.0991. The van der Waals surface area contributed by atoms with Crippen LogP contribution in [0.2, 0.25) is 0 Å². The van der Waals surface area contributed by atoms with Crippen LogP contribution in [0.15, 0.2) is 36.4 Å². The molecule has 1 atom stereocenters. The Labute approximate surface area is 150 Å². The first-order valence-corrected chi connectivity index (χ1v) is 9.35. The van der Waals surface area contributed by atoms with Gasteiger partial charge in [-0.2, -0.15) is 5.10 Å². The van der Waals surface area contributed by atoms with Crippen molar-refractivity contribution in [3.8, 4) is 0 Å². The van der Waals surface area contributed by atoms with Gasteiger partial charge in [-0.15, -0.1) is 11.3 Å². The molecule has 1 aliphatic heterocycles. The van der Waals surface area contributed by atoms with E-state index in [-0.39, 0.29) is 12.0 Å². The van der Waals surface area contributed by atoms with Gasteiger partial charge < -0.3 is 9.64 Å². The molecule has 1 fully saturated rings. The Morgan fingerprint density at radius 3 is 2.92 bits per heavy atom. The molecule has 1 aliphatic rings. The average molecular weight is 355 g/mol. The maximum absolute atomic E-state index is 12.8. The van der Waals surface area contributed by atoms with Crippen LogP contribution in [-0.4, -0.2) is 46.4 Å². The molecule has 0 unspecified atom stereocenters. The molecular weight excluding hydrogens is 334 g/mol. The number of hydrogen-bond acceptors (Lipinski definition) is 4. The van der Waals surface area contributed by atoms with Gasteiger partial charge in [0.05, 0.1) is 29.8 Å². The molecule has 0 aliphatic carbocycles. The van der Waals surface area contributed by atoms with Crippen LogP contribution < -0.4 is 0 Å². The second-order valence-electron chi connectivity index (χ2n) is 6.49. The fraction of sp³-hybridized carbons (Fsp3) is 0.368. The molecule has 3 aromatic rings. The van der Waals surface area contributed by atoms with E-state index in [1.165, 1.54) is 16.9 Å². The van der Waals surface area contributed by atoms with Crippen LogP contribution in [-0.2, 0) is 11.3 Å². The lowest BCUT2D eigenvalue weighted by molar-refractivity contribution is -0.0122. The summed E-state index contributed by atoms with van der Waals surface area (Å²) in [7, 11) is 0. The van der Waals surface area contributed by atoms with Gasteiger partial charge in [-0.05, 0) is 25.5 Å². The van der Waals surface area contributed by atoms with E-state index in [2.05, 4.69) is 17.2 Å². The first-order chi connectivity index (χ1) is 12.1. The van der Waals surface area contributed by atoms with Crippen molar-refractivity contribution >= 4 is 27.5 Å². The summed E-state index contributed by atoms with van der Waals surface area (Å²) in [6.07, 6.45) is 0.0994. The first-order valence-electron chi connectivity index (χ1n) is 8.53. The Bertz CT molecular complexity index is 900. The normalized spacial score (nSPS) is 18.0. The van der Waals surface area contributed by atoms with Crippen molar-refractivity contribution in [3.05, 3.63) is 52.5 Å². The van der Waals surface area contributed by atoms with Gasteiger partial charge in [0.15, 0.2) is 0 Å². The Kier molecular flexibility index (Phi) is 4.31. The number of benzene rings is 1. The molecule has 25 heavy (non-hydrogen) atoms. The Balaban J connectivity index is 1.64. The fourth-order valence-corrected chi connectivity index (χ4v) is 4.37. The van der Waals surface area contributed by atoms with Crippen molar-refractivity contribution in [1.82, 2.24) is 14.7 Å². The predicted molar refractivity (Wildman–Crippen MR) is 99.2 cm³/mol. The number of ether oxygens (including phenoxy) is 1. The molecule has 0 radical (unpaired) electrons. The number of nitrogens with zero attached hydrogens (tertiary/aromatic N) is 3. The van der Waals surface area contributed by atoms with Crippen molar-refractivity contribution in [3.63, 3.8) is 0 Å². The zero-order chi connectivity index (χ0) is 17.4. The summed E-state index contributed by atoms with van der Waals surface area (Å²) in [5.41, 5.74) is 2.17. The zero-order valence-corrected chi connectivity index (χ0v) is 15.3. The van der Waals surface area contributed by atoms with Gasteiger partial charge >= 0.3 is 0 Å². The summed E-state index contributed by atoms with van der Waals surface area (Å²) in [6.45, 7) is 6.65. The first kappa shape index (κ1) is 16.3. The molecule has 1 amide bonds. The molecule has 2 aromatic heterocycles. The predicted octanol–water partition coefficient (Wildman–Crippen LogP) is 3.32. The highest BCUT2D eigenvalue weighted by Crippen LogP contribution is 2.30. The summed E-state index contributed by atoms with van der Waals surface area (Å²) in [5, 5.41) is 5.73. The van der Waals surface area contributed by atoms with Crippen molar-refractivity contribution in [2.45, 2.75) is 26.5 Å². The quantitative estimate of drug-likeness (QED) is 0.724. The summed E-state index contributed by atoms with van der Waals surface area (Å²) in [6, 6.07) is 12.3. The maximum atomic E-state index is 12.8. The number of carbonyl (C=O) groups excluding carboxylic acids is 1. The number of thiophene rings is 1. The molecule has 5 nitrogen and oxygen atoms in total. The zero-order valence-electron chi connectivity index (χ0n) is 14.4. The van der Waals surface area contributed by atoms with Gasteiger partial charge in [0, 0.05) is 18.5 Å². The third kappa shape index (κ3) is 3.19. The number of aryl methyl sites for hydroxylation is 1. The van der Waals surface area contributed by atoms with E-state index in [0.29, 0.717) is 26.2 Å². The van der Waals surface area contributed by atoms with E-state index in [9.17, 15) is 4.79 Å². The third-order valence-electron chi connectivity index (χ3n) is 4.52. The largest absolute Gasteiger partial charge is 0.375 e. The van der Waals surface area contributed by atoms with Gasteiger partial charge in [-0.25, -0.2) is 0 Å². The van der Waals surface area contributed by atoms with Crippen LogP contribution in [0, 0.1) is 6.92 Å². The van der Waals surface area contributed by atoms with E-state index in [0.717, 1.165) is 20.8 Å². The average Bonchev–Trinajstić information content (AvgIpc) is 3.17. The highest BCUT2D eigenvalue weighted by molar-refractivity contribution is 7.20. The molecule has 130 valence electrons. The van der Waals surface area contributed by atoms with E-state index in [1.807, 2.05) is 47.7 Å². The molecule has 6 heteroatoms. The second kappa shape index (κ2) is 6.61. The molecule has 0 bridgehead atoms. The Morgan fingerprint density at radius 1 is 1.36 bits per heavy atom. The van der Waals surface area contributed by atoms with Crippen LogP contribution in [0.5, 0.6) is 0 Å². The van der Waals surface area contributed by atoms with Gasteiger partial charge in [-0.3, -0.25) is 9.48 Å². The lowest BCUT2D eigenvalue weighted by Gasteiger charge is -2.30. The number of carbonyl (C=O) groups is 1. The van der Waals surface area contributed by atoms with E-state index < -0.39 is 0 Å². The highest BCUT2D eigenvalue weighted by atomic mass is 32.1. The van der Waals surface area contributed by atoms with Crippen molar-refractivity contribution < 1.29 is 9.53 Å². The number of aromatic nitrogens is 2. The molecule has 0 spiro atoms. The van der Waals surface area contributed by atoms with Crippen molar-refractivity contribution in [1.29, 1.82) is 0 Å². The SMILES string of the molecule is Cc1nn(Cc2ccccc2)c2sc(C(=O)N3CCO[C@H](C)C3)cc12. The smallest absolute Gasteiger partial charge is 0.264 e. The number of morpholine rings is 1. The van der Waals surface area contributed by atoms with Crippen LogP contribution >= 0.6 is 11.3 Å². The molecule has 1 aromatic carbocycles. The van der Waals surface area contributed by atoms with Gasteiger partial charge in [0.25, 0.3) is 5.91 Å². The minimum Gasteiger partial charge on any atom is -0.375 e. The van der Waals surface area contributed by atoms with Gasteiger partial charge in [0.2, 0.25) is 0 Å². The van der Waals surface area contributed by atoms with Crippen LogP contribution in [0.1, 0.15) is 27.9 Å². The lowest BCUT2D eigenvalue weighted by atomic mass is 10.2. The number of fused-ring (bicyclic) bond motifs is 1. The summed E-state index contributed by atoms with van der Waals surface area (Å²) in [5.74, 6) is 0.0991. The highest BCUT2D eigenvalue weighted by Gasteiger charge is 2.25. The minimum atomic E-state index is 0.0991. The molecular formula is C19H21N3O2S. The van der Waals surface area contributed by atoms with Crippen LogP contribution in [0.3, 0.4) is 0 Å². The molecule has 0 N–H and O–H groups in total. The van der Waals surface area contributed by atoms with E-state index >= 15 is 0 Å². The Hall–Kier alpha value is -2.18. The van der Waals surface area contributed by atoms with E-state index in [1.54, 1.807) is 0 Å². The van der Waals surface area contributed by atoms with Crippen LogP contribution in [0.4, 0.5) is 0 Å². The topological polar surface area (TPSA) is 47.4 Å². The third-order valence-corrected chi connectivity index (χ3v) is 5.66. The summed E-state index contributed by atoms with van der Waals surface area (Å²) in [4.78, 5) is 16.6.